The number of rotatable bonds is 20. The minimum Gasteiger partial charge on any atom is -0.485 e. The molecule has 2 amide bonds. The maximum Gasteiger partial charge on any atom is 0.255 e. The molecule has 286 valence electrons. The smallest absolute Gasteiger partial charge is 0.255 e. The van der Waals surface area contributed by atoms with Gasteiger partial charge in [0.1, 0.15) is 26.4 Å². The number of benzene rings is 6. The Hall–Kier alpha value is -6.58. The fraction of sp³-hybridized carbons (Fsp3) is 0.191. The normalized spacial score (nSPS) is 11.2. The van der Waals surface area contributed by atoms with E-state index in [1.807, 2.05) is 121 Å². The average molecular weight is 750 g/mol. The first-order chi connectivity index (χ1) is 27.6. The zero-order chi connectivity index (χ0) is 38.8. The van der Waals surface area contributed by atoms with E-state index < -0.39 is 0 Å². The maximum absolute atomic E-state index is 13.8. The van der Waals surface area contributed by atoms with Gasteiger partial charge in [0.2, 0.25) is 0 Å². The number of para-hydroxylation sites is 2. The van der Waals surface area contributed by atoms with Crippen LogP contribution >= 0.6 is 0 Å². The van der Waals surface area contributed by atoms with Gasteiger partial charge in [-0.2, -0.15) is 0 Å². The molecule has 0 fully saturated rings. The van der Waals surface area contributed by atoms with Crippen LogP contribution in [-0.2, 0) is 26.4 Å². The van der Waals surface area contributed by atoms with Crippen LogP contribution in [0.25, 0.3) is 0 Å². The molecule has 6 aromatic rings. The first-order valence-corrected chi connectivity index (χ1v) is 18.8. The third-order valence-electron chi connectivity index (χ3n) is 9.01. The lowest BCUT2D eigenvalue weighted by molar-refractivity contribution is 0.0920. The van der Waals surface area contributed by atoms with E-state index in [4.69, 9.17) is 24.7 Å². The highest BCUT2D eigenvalue weighted by atomic mass is 16.5. The van der Waals surface area contributed by atoms with Gasteiger partial charge in [-0.25, -0.2) is 0 Å². The van der Waals surface area contributed by atoms with Gasteiger partial charge in [-0.1, -0.05) is 133 Å². The zero-order valence-corrected chi connectivity index (χ0v) is 31.3. The molecule has 0 heterocycles. The van der Waals surface area contributed by atoms with Crippen molar-refractivity contribution in [2.45, 2.75) is 45.3 Å². The number of amides is 2. The fourth-order valence-electron chi connectivity index (χ4n) is 6.00. The van der Waals surface area contributed by atoms with Crippen LogP contribution in [0.4, 0.5) is 0 Å². The quantitative estimate of drug-likeness (QED) is 0.0672. The first-order valence-electron chi connectivity index (χ1n) is 18.8. The number of carbonyl (C=O) groups excluding carboxylic acids is 2. The van der Waals surface area contributed by atoms with Crippen molar-refractivity contribution < 1.29 is 28.5 Å². The second kappa shape index (κ2) is 20.8. The topological polar surface area (TPSA) is 121 Å². The zero-order valence-electron chi connectivity index (χ0n) is 31.3. The number of ether oxygens (including phenoxy) is 4. The molecule has 0 unspecified atom stereocenters. The summed E-state index contributed by atoms with van der Waals surface area (Å²) in [4.78, 5) is 27.4. The van der Waals surface area contributed by atoms with Crippen molar-refractivity contribution in [2.75, 3.05) is 13.1 Å². The summed E-state index contributed by atoms with van der Waals surface area (Å²) in [5, 5.41) is 6.08. The molecule has 0 spiro atoms. The minimum absolute atomic E-state index is 0.211. The van der Waals surface area contributed by atoms with Gasteiger partial charge in [-0.15, -0.1) is 0 Å². The van der Waals surface area contributed by atoms with E-state index in [1.165, 1.54) is 0 Å². The highest BCUT2D eigenvalue weighted by Crippen LogP contribution is 2.34. The Morgan fingerprint density at radius 3 is 1.29 bits per heavy atom. The summed E-state index contributed by atoms with van der Waals surface area (Å²) >= 11 is 0. The molecule has 4 N–H and O–H groups in total. The summed E-state index contributed by atoms with van der Waals surface area (Å²) in [6, 6.07) is 49.4. The van der Waals surface area contributed by atoms with E-state index in [0.717, 1.165) is 22.3 Å². The van der Waals surface area contributed by atoms with Crippen LogP contribution in [0.2, 0.25) is 0 Å². The predicted octanol–water partition coefficient (Wildman–Crippen LogP) is 8.27. The molecule has 6 rings (SSSR count). The largest absolute Gasteiger partial charge is 0.485 e. The van der Waals surface area contributed by atoms with Crippen LogP contribution in [0.5, 0.6) is 23.0 Å². The molecule has 0 bridgehead atoms. The lowest BCUT2D eigenvalue weighted by Gasteiger charge is -2.20. The van der Waals surface area contributed by atoms with E-state index in [1.54, 1.807) is 36.4 Å². The van der Waals surface area contributed by atoms with Gasteiger partial charge in [0.25, 0.3) is 11.8 Å². The summed E-state index contributed by atoms with van der Waals surface area (Å²) in [7, 11) is 0. The van der Waals surface area contributed by atoms with Crippen molar-refractivity contribution in [3.8, 4) is 23.0 Å². The Bertz CT molecular complexity index is 2120. The number of hydrogen-bond donors (Lipinski definition) is 3. The Kier molecular flexibility index (Phi) is 14.5. The summed E-state index contributed by atoms with van der Waals surface area (Å²) in [6.07, 6.45) is 1.10. The standard InChI is InChI=1S/C47H47N3O6/c48-30-39(50-47(52)41-26-14-28-43(54-32-36-18-7-2-8-19-36)45(41)56-34-38-22-11-4-12-23-38)24-15-29-49-46(51)40-25-13-27-42(53-31-35-16-5-1-6-17-35)44(40)55-33-37-20-9-3-10-21-37/h1-14,16-23,25-28,39H,15,24,29-34,48H2,(H,49,51)(H,50,52)/t39-/m0/s1. The summed E-state index contributed by atoms with van der Waals surface area (Å²) < 4.78 is 24.8. The van der Waals surface area contributed by atoms with Crippen LogP contribution in [-0.4, -0.2) is 30.9 Å². The van der Waals surface area contributed by atoms with Crippen molar-refractivity contribution in [1.29, 1.82) is 0 Å². The molecule has 56 heavy (non-hydrogen) atoms. The van der Waals surface area contributed by atoms with Crippen molar-refractivity contribution in [1.82, 2.24) is 10.6 Å². The van der Waals surface area contributed by atoms with Gasteiger partial charge < -0.3 is 35.3 Å². The molecule has 6 aromatic carbocycles. The molecule has 9 nitrogen and oxygen atoms in total. The molecule has 1 atom stereocenters. The Labute approximate surface area is 328 Å². The van der Waals surface area contributed by atoms with Gasteiger partial charge in [0.15, 0.2) is 23.0 Å². The average Bonchev–Trinajstić information content (AvgIpc) is 3.25. The van der Waals surface area contributed by atoms with E-state index in [0.29, 0.717) is 66.7 Å². The van der Waals surface area contributed by atoms with E-state index in [9.17, 15) is 9.59 Å². The van der Waals surface area contributed by atoms with Crippen molar-refractivity contribution in [3.63, 3.8) is 0 Å². The molecule has 0 aliphatic carbocycles. The Morgan fingerprint density at radius 2 is 0.875 bits per heavy atom. The fourth-order valence-corrected chi connectivity index (χ4v) is 6.00. The van der Waals surface area contributed by atoms with Gasteiger partial charge in [0.05, 0.1) is 11.1 Å². The number of carbonyl (C=O) groups is 2. The van der Waals surface area contributed by atoms with Crippen LogP contribution in [0, 0.1) is 0 Å². The van der Waals surface area contributed by atoms with Crippen LogP contribution in [0.15, 0.2) is 158 Å². The van der Waals surface area contributed by atoms with Crippen LogP contribution < -0.4 is 35.3 Å². The molecule has 0 radical (unpaired) electrons. The Balaban J connectivity index is 1.08. The van der Waals surface area contributed by atoms with Crippen molar-refractivity contribution >= 4 is 11.8 Å². The monoisotopic (exact) mass is 749 g/mol. The van der Waals surface area contributed by atoms with E-state index in [2.05, 4.69) is 10.6 Å². The SMILES string of the molecule is NC[C@H](CCCNC(=O)c1cccc(OCc2ccccc2)c1OCc1ccccc1)NC(=O)c1cccc(OCc2ccccc2)c1OCc1ccccc1. The lowest BCUT2D eigenvalue weighted by atomic mass is 10.1. The number of nitrogens with two attached hydrogens (primary N) is 1. The molecular formula is C47H47N3O6. The van der Waals surface area contributed by atoms with Gasteiger partial charge >= 0.3 is 0 Å². The van der Waals surface area contributed by atoms with Gasteiger partial charge in [0, 0.05) is 19.1 Å². The lowest BCUT2D eigenvalue weighted by Crippen LogP contribution is -2.41. The molecule has 0 aliphatic rings. The number of nitrogens with one attached hydrogen (secondary N) is 2. The highest BCUT2D eigenvalue weighted by molar-refractivity contribution is 5.98. The maximum atomic E-state index is 13.8. The Morgan fingerprint density at radius 1 is 0.482 bits per heavy atom. The third kappa shape index (κ3) is 11.5. The van der Waals surface area contributed by atoms with E-state index in [-0.39, 0.29) is 37.6 Å². The van der Waals surface area contributed by atoms with Crippen molar-refractivity contribution in [2.24, 2.45) is 5.73 Å². The molecular weight excluding hydrogens is 703 g/mol. The number of hydrogen-bond acceptors (Lipinski definition) is 7. The summed E-state index contributed by atoms with van der Waals surface area (Å²) in [6.45, 7) is 1.73. The van der Waals surface area contributed by atoms with E-state index >= 15 is 0 Å². The van der Waals surface area contributed by atoms with Crippen LogP contribution in [0.3, 0.4) is 0 Å². The third-order valence-corrected chi connectivity index (χ3v) is 9.01. The summed E-state index contributed by atoms with van der Waals surface area (Å²) in [5.74, 6) is 1.05. The second-order valence-electron chi connectivity index (χ2n) is 13.2. The molecule has 0 aromatic heterocycles. The predicted molar refractivity (Wildman–Crippen MR) is 218 cm³/mol. The second-order valence-corrected chi connectivity index (χ2v) is 13.2. The van der Waals surface area contributed by atoms with Gasteiger partial charge in [-0.05, 0) is 59.4 Å². The molecule has 9 heteroatoms. The molecule has 0 saturated heterocycles. The van der Waals surface area contributed by atoms with Crippen LogP contribution in [0.1, 0.15) is 55.8 Å². The first kappa shape index (κ1) is 39.1. The molecule has 0 aliphatic heterocycles. The minimum atomic E-state index is -0.352. The molecule has 0 saturated carbocycles. The van der Waals surface area contributed by atoms with Gasteiger partial charge in [-0.3, -0.25) is 9.59 Å². The highest BCUT2D eigenvalue weighted by Gasteiger charge is 2.22. The summed E-state index contributed by atoms with van der Waals surface area (Å²) in [5.41, 5.74) is 10.8. The van der Waals surface area contributed by atoms with Crippen molar-refractivity contribution in [3.05, 3.63) is 191 Å².